The zero-order valence-electron chi connectivity index (χ0n) is 13.6. The predicted molar refractivity (Wildman–Crippen MR) is 92.9 cm³/mol. The maximum Gasteiger partial charge on any atom is 0.116 e. The molecule has 0 spiro atoms. The summed E-state index contributed by atoms with van der Waals surface area (Å²) in [7, 11) is 0. The molecular formula is C20H26O2. The Labute approximate surface area is 133 Å². The Balaban J connectivity index is 2.03. The second kappa shape index (κ2) is 8.00. The van der Waals surface area contributed by atoms with Crippen molar-refractivity contribution in [3.8, 4) is 5.75 Å². The van der Waals surface area contributed by atoms with Crippen LogP contribution in [0, 0.1) is 0 Å². The second-order valence-electron chi connectivity index (χ2n) is 5.95. The van der Waals surface area contributed by atoms with Gasteiger partial charge in [-0.1, -0.05) is 55.4 Å². The van der Waals surface area contributed by atoms with Crippen LogP contribution < -0.4 is 0 Å². The molecule has 0 radical (unpaired) electrons. The van der Waals surface area contributed by atoms with E-state index in [1.807, 2.05) is 19.1 Å². The molecule has 1 aliphatic heterocycles. The molecule has 0 fully saturated rings. The average Bonchev–Trinajstić information content (AvgIpc) is 2.94. The molecule has 2 nitrogen and oxygen atoms in total. The highest BCUT2D eigenvalue weighted by molar-refractivity contribution is 5.54. The van der Waals surface area contributed by atoms with E-state index >= 15 is 0 Å². The Hall–Kier alpha value is -1.80. The van der Waals surface area contributed by atoms with Crippen LogP contribution in [0.2, 0.25) is 0 Å². The molecule has 22 heavy (non-hydrogen) atoms. The van der Waals surface area contributed by atoms with Gasteiger partial charge in [0.1, 0.15) is 5.75 Å². The lowest BCUT2D eigenvalue weighted by atomic mass is 9.95. The third-order valence-corrected chi connectivity index (χ3v) is 3.98. The summed E-state index contributed by atoms with van der Waals surface area (Å²) in [6, 6.07) is 7.42. The van der Waals surface area contributed by atoms with Gasteiger partial charge in [-0.05, 0) is 49.5 Å². The average molecular weight is 298 g/mol. The molecule has 0 aromatic heterocycles. The summed E-state index contributed by atoms with van der Waals surface area (Å²) in [5.74, 6) is 0.316. The van der Waals surface area contributed by atoms with Crippen LogP contribution in [-0.2, 0) is 4.74 Å². The van der Waals surface area contributed by atoms with Gasteiger partial charge in [0, 0.05) is 0 Å². The van der Waals surface area contributed by atoms with E-state index in [1.54, 1.807) is 12.1 Å². The molecule has 1 atom stereocenters. The molecule has 1 aliphatic rings. The van der Waals surface area contributed by atoms with Gasteiger partial charge in [-0.3, -0.25) is 0 Å². The lowest BCUT2D eigenvalue weighted by Crippen LogP contribution is -2.11. The van der Waals surface area contributed by atoms with Gasteiger partial charge in [0.15, 0.2) is 0 Å². The first-order valence-corrected chi connectivity index (χ1v) is 8.06. The van der Waals surface area contributed by atoms with Crippen LogP contribution in [0.15, 0.2) is 53.6 Å². The third-order valence-electron chi connectivity index (χ3n) is 3.98. The van der Waals surface area contributed by atoms with Crippen molar-refractivity contribution >= 4 is 6.08 Å². The van der Waals surface area contributed by atoms with Gasteiger partial charge in [0.05, 0.1) is 12.7 Å². The van der Waals surface area contributed by atoms with Gasteiger partial charge >= 0.3 is 0 Å². The highest BCUT2D eigenvalue weighted by Gasteiger charge is 2.20. The Morgan fingerprint density at radius 2 is 2.23 bits per heavy atom. The zero-order chi connectivity index (χ0) is 15.9. The number of ether oxygens (including phenoxy) is 1. The van der Waals surface area contributed by atoms with Crippen molar-refractivity contribution < 1.29 is 9.84 Å². The van der Waals surface area contributed by atoms with Crippen molar-refractivity contribution in [2.24, 2.45) is 0 Å². The van der Waals surface area contributed by atoms with Gasteiger partial charge in [0.2, 0.25) is 0 Å². The smallest absolute Gasteiger partial charge is 0.116 e. The van der Waals surface area contributed by atoms with Crippen LogP contribution in [0.1, 0.15) is 45.1 Å². The number of allylic oxidation sites excluding steroid dienone is 1. The van der Waals surface area contributed by atoms with Crippen LogP contribution in [0.5, 0.6) is 5.75 Å². The van der Waals surface area contributed by atoms with Gasteiger partial charge < -0.3 is 9.84 Å². The summed E-state index contributed by atoms with van der Waals surface area (Å²) in [5, 5.41) is 9.59. The molecule has 0 aliphatic carbocycles. The van der Waals surface area contributed by atoms with Crippen LogP contribution >= 0.6 is 0 Å². The van der Waals surface area contributed by atoms with Crippen LogP contribution in [0.3, 0.4) is 0 Å². The maximum atomic E-state index is 9.59. The topological polar surface area (TPSA) is 29.5 Å². The van der Waals surface area contributed by atoms with E-state index in [4.69, 9.17) is 4.74 Å². The minimum absolute atomic E-state index is 0.182. The number of hydrogen-bond donors (Lipinski definition) is 1. The van der Waals surface area contributed by atoms with E-state index in [-0.39, 0.29) is 6.10 Å². The fraction of sp³-hybridized carbons (Fsp3) is 0.400. The quantitative estimate of drug-likeness (QED) is 0.744. The normalized spacial score (nSPS) is 18.4. The van der Waals surface area contributed by atoms with Gasteiger partial charge in [-0.25, -0.2) is 0 Å². The third kappa shape index (κ3) is 4.60. The van der Waals surface area contributed by atoms with Crippen molar-refractivity contribution in [1.82, 2.24) is 0 Å². The predicted octanol–water partition coefficient (Wildman–Crippen LogP) is 5.26. The van der Waals surface area contributed by atoms with Gasteiger partial charge in [-0.2, -0.15) is 0 Å². The highest BCUT2D eigenvalue weighted by Crippen LogP contribution is 2.27. The SMILES string of the molecule is C=C(C)C1=CCOC1CC/C(=C/c1cccc(O)c1)CCC. The Kier molecular flexibility index (Phi) is 6.02. The summed E-state index contributed by atoms with van der Waals surface area (Å²) < 4.78 is 5.80. The second-order valence-corrected chi connectivity index (χ2v) is 5.95. The first-order valence-electron chi connectivity index (χ1n) is 8.06. The fourth-order valence-corrected chi connectivity index (χ4v) is 2.92. The molecule has 0 amide bonds. The highest BCUT2D eigenvalue weighted by atomic mass is 16.5. The Morgan fingerprint density at radius 3 is 2.91 bits per heavy atom. The van der Waals surface area contributed by atoms with Gasteiger partial charge in [0.25, 0.3) is 0 Å². The number of phenolic OH excluding ortho intramolecular Hbond substituents is 1. The molecule has 118 valence electrons. The summed E-state index contributed by atoms with van der Waals surface area (Å²) in [4.78, 5) is 0. The van der Waals surface area contributed by atoms with Gasteiger partial charge in [-0.15, -0.1) is 0 Å². The molecule has 0 saturated heterocycles. The van der Waals surface area contributed by atoms with E-state index in [0.29, 0.717) is 12.4 Å². The molecule has 1 N–H and O–H groups in total. The van der Waals surface area contributed by atoms with E-state index < -0.39 is 0 Å². The van der Waals surface area contributed by atoms with Crippen molar-refractivity contribution in [2.75, 3.05) is 6.61 Å². The van der Waals surface area contributed by atoms with E-state index in [0.717, 1.165) is 36.8 Å². The van der Waals surface area contributed by atoms with Crippen molar-refractivity contribution in [3.63, 3.8) is 0 Å². The Morgan fingerprint density at radius 1 is 1.41 bits per heavy atom. The lowest BCUT2D eigenvalue weighted by molar-refractivity contribution is 0.116. The number of rotatable bonds is 7. The number of aromatic hydroxyl groups is 1. The summed E-state index contributed by atoms with van der Waals surface area (Å²) >= 11 is 0. The molecular weight excluding hydrogens is 272 g/mol. The molecule has 1 heterocycles. The molecule has 2 heteroatoms. The minimum atomic E-state index is 0.182. The summed E-state index contributed by atoms with van der Waals surface area (Å²) in [5.41, 5.74) is 4.83. The van der Waals surface area contributed by atoms with Crippen molar-refractivity contribution in [3.05, 3.63) is 59.2 Å². The molecule has 0 saturated carbocycles. The molecule has 1 unspecified atom stereocenters. The molecule has 1 aromatic carbocycles. The minimum Gasteiger partial charge on any atom is -0.508 e. The number of benzene rings is 1. The van der Waals surface area contributed by atoms with Crippen LogP contribution in [0.4, 0.5) is 0 Å². The van der Waals surface area contributed by atoms with E-state index in [2.05, 4.69) is 25.7 Å². The number of phenols is 1. The van der Waals surface area contributed by atoms with Crippen LogP contribution in [-0.4, -0.2) is 17.8 Å². The number of hydrogen-bond acceptors (Lipinski definition) is 2. The largest absolute Gasteiger partial charge is 0.508 e. The standard InChI is InChI=1S/C20H26O2/c1-4-6-16(13-17-7-5-8-18(21)14-17)9-10-20-19(15(2)3)11-12-22-20/h5,7-8,11,13-14,20-21H,2,4,6,9-10,12H2,1,3H3/b16-13+. The lowest BCUT2D eigenvalue weighted by Gasteiger charge is -2.16. The van der Waals surface area contributed by atoms with Crippen molar-refractivity contribution in [2.45, 2.75) is 45.6 Å². The molecule has 1 aromatic rings. The summed E-state index contributed by atoms with van der Waals surface area (Å²) in [6.45, 7) is 8.98. The Bertz CT molecular complexity index is 581. The molecule has 2 rings (SSSR count). The zero-order valence-corrected chi connectivity index (χ0v) is 13.6. The first kappa shape index (κ1) is 16.6. The van der Waals surface area contributed by atoms with Crippen molar-refractivity contribution in [1.29, 1.82) is 0 Å². The fourth-order valence-electron chi connectivity index (χ4n) is 2.92. The van der Waals surface area contributed by atoms with Crippen LogP contribution in [0.25, 0.3) is 6.08 Å². The first-order chi connectivity index (χ1) is 10.6. The monoisotopic (exact) mass is 298 g/mol. The van der Waals surface area contributed by atoms with E-state index in [9.17, 15) is 5.11 Å². The maximum absolute atomic E-state index is 9.59. The summed E-state index contributed by atoms with van der Waals surface area (Å²) in [6.07, 6.45) is 8.73. The van der Waals surface area contributed by atoms with E-state index in [1.165, 1.54) is 11.1 Å². The molecule has 0 bridgehead atoms.